The predicted octanol–water partition coefficient (Wildman–Crippen LogP) is 2.91. The molecular formula is C17H14F2N2O3S. The number of sulfonamides is 1. The maximum Gasteiger partial charge on any atom is 0.264 e. The van der Waals surface area contributed by atoms with Gasteiger partial charge in [-0.15, -0.1) is 0 Å². The number of aryl methyl sites for hydroxylation is 1. The molecule has 8 heteroatoms. The predicted molar refractivity (Wildman–Crippen MR) is 90.2 cm³/mol. The highest BCUT2D eigenvalue weighted by molar-refractivity contribution is 7.89. The van der Waals surface area contributed by atoms with Crippen molar-refractivity contribution in [2.75, 3.05) is 6.26 Å². The fraction of sp³-hybridized carbons (Fsp3) is 0.118. The molecule has 0 saturated carbocycles. The largest absolute Gasteiger partial charge is 0.316 e. The number of fused-ring (bicyclic) bond motifs is 1. The zero-order valence-corrected chi connectivity index (χ0v) is 14.2. The first-order chi connectivity index (χ1) is 11.7. The molecule has 0 unspecified atom stereocenters. The van der Waals surface area contributed by atoms with Crippen LogP contribution in [0.5, 0.6) is 0 Å². The van der Waals surface area contributed by atoms with E-state index < -0.39 is 27.6 Å². The van der Waals surface area contributed by atoms with Gasteiger partial charge in [0.1, 0.15) is 0 Å². The third-order valence-electron chi connectivity index (χ3n) is 3.73. The van der Waals surface area contributed by atoms with E-state index in [1.54, 1.807) is 29.8 Å². The first-order valence-corrected chi connectivity index (χ1v) is 9.14. The van der Waals surface area contributed by atoms with E-state index in [9.17, 15) is 22.0 Å². The average Bonchev–Trinajstić information content (AvgIpc) is 2.85. The van der Waals surface area contributed by atoms with Gasteiger partial charge in [0.15, 0.2) is 11.6 Å². The number of nitrogens with zero attached hydrogens (tertiary/aromatic N) is 1. The smallest absolute Gasteiger partial charge is 0.264 e. The number of amides is 1. The lowest BCUT2D eigenvalue weighted by Gasteiger charge is -2.07. The minimum Gasteiger partial charge on any atom is -0.316 e. The summed E-state index contributed by atoms with van der Waals surface area (Å²) in [4.78, 5) is 12.0. The first kappa shape index (κ1) is 17.1. The number of aromatic nitrogens is 1. The molecule has 0 saturated heterocycles. The normalized spacial score (nSPS) is 11.7. The van der Waals surface area contributed by atoms with Gasteiger partial charge in [0.2, 0.25) is 10.0 Å². The number of carbonyl (C=O) groups is 1. The molecule has 2 aromatic carbocycles. The number of halogens is 2. The summed E-state index contributed by atoms with van der Waals surface area (Å²) >= 11 is 0. The Labute approximate surface area is 142 Å². The van der Waals surface area contributed by atoms with Crippen LogP contribution in [0.25, 0.3) is 16.6 Å². The molecule has 25 heavy (non-hydrogen) atoms. The van der Waals surface area contributed by atoms with Crippen LogP contribution in [0.1, 0.15) is 15.9 Å². The third-order valence-corrected chi connectivity index (χ3v) is 4.28. The SMILES string of the molecule is Cc1cn(-c2ccc(F)c(F)c2)c2ccc(C(=O)NS(C)(=O)=O)cc12. The van der Waals surface area contributed by atoms with Crippen molar-refractivity contribution in [3.05, 3.63) is 65.4 Å². The van der Waals surface area contributed by atoms with Gasteiger partial charge in [-0.3, -0.25) is 4.79 Å². The summed E-state index contributed by atoms with van der Waals surface area (Å²) in [6.45, 7) is 1.80. The Balaban J connectivity index is 2.10. The molecule has 0 atom stereocenters. The Morgan fingerprint density at radius 2 is 1.80 bits per heavy atom. The van der Waals surface area contributed by atoms with E-state index in [2.05, 4.69) is 0 Å². The molecule has 1 amide bonds. The molecule has 0 aliphatic carbocycles. The maximum absolute atomic E-state index is 13.5. The van der Waals surface area contributed by atoms with Crippen molar-refractivity contribution in [3.63, 3.8) is 0 Å². The van der Waals surface area contributed by atoms with Crippen LogP contribution < -0.4 is 4.72 Å². The lowest BCUT2D eigenvalue weighted by molar-refractivity contribution is 0.0982. The third kappa shape index (κ3) is 3.39. The Kier molecular flexibility index (Phi) is 4.08. The highest BCUT2D eigenvalue weighted by atomic mass is 32.2. The van der Waals surface area contributed by atoms with Gasteiger partial charge in [0, 0.05) is 28.9 Å². The van der Waals surface area contributed by atoms with Crippen LogP contribution >= 0.6 is 0 Å². The van der Waals surface area contributed by atoms with Crippen LogP contribution in [0.3, 0.4) is 0 Å². The summed E-state index contributed by atoms with van der Waals surface area (Å²) in [5.41, 5.74) is 2.10. The molecule has 0 spiro atoms. The van der Waals surface area contributed by atoms with E-state index in [-0.39, 0.29) is 5.56 Å². The molecule has 0 aliphatic rings. The van der Waals surface area contributed by atoms with Gasteiger partial charge in [-0.2, -0.15) is 0 Å². The molecule has 0 radical (unpaired) electrons. The summed E-state index contributed by atoms with van der Waals surface area (Å²) in [6.07, 6.45) is 2.63. The van der Waals surface area contributed by atoms with Crippen LogP contribution in [-0.2, 0) is 10.0 Å². The monoisotopic (exact) mass is 364 g/mol. The fourth-order valence-electron chi connectivity index (χ4n) is 2.61. The van der Waals surface area contributed by atoms with E-state index in [1.165, 1.54) is 12.1 Å². The van der Waals surface area contributed by atoms with Crippen molar-refractivity contribution in [1.82, 2.24) is 9.29 Å². The Hall–Kier alpha value is -2.74. The van der Waals surface area contributed by atoms with E-state index in [0.717, 1.165) is 24.0 Å². The number of benzene rings is 2. The van der Waals surface area contributed by atoms with Gasteiger partial charge in [-0.05, 0) is 42.8 Å². The molecule has 1 aromatic heterocycles. The quantitative estimate of drug-likeness (QED) is 0.777. The van der Waals surface area contributed by atoms with Crippen molar-refractivity contribution in [2.24, 2.45) is 0 Å². The van der Waals surface area contributed by atoms with Crippen molar-refractivity contribution < 1.29 is 22.0 Å². The van der Waals surface area contributed by atoms with Crippen LogP contribution in [0.2, 0.25) is 0 Å². The van der Waals surface area contributed by atoms with Crippen LogP contribution in [0.4, 0.5) is 8.78 Å². The summed E-state index contributed by atoms with van der Waals surface area (Å²) in [5, 5.41) is 0.700. The second kappa shape index (κ2) is 5.96. The number of rotatable bonds is 3. The number of hydrogen-bond donors (Lipinski definition) is 1. The van der Waals surface area contributed by atoms with E-state index in [4.69, 9.17) is 0 Å². The molecular weight excluding hydrogens is 350 g/mol. The number of nitrogens with one attached hydrogen (secondary N) is 1. The van der Waals surface area contributed by atoms with Gasteiger partial charge in [0.25, 0.3) is 5.91 Å². The summed E-state index contributed by atoms with van der Waals surface area (Å²) in [5.74, 6) is -2.62. The minimum atomic E-state index is -3.66. The summed E-state index contributed by atoms with van der Waals surface area (Å²) in [7, 11) is -3.66. The highest BCUT2D eigenvalue weighted by Gasteiger charge is 2.15. The fourth-order valence-corrected chi connectivity index (χ4v) is 3.07. The standard InChI is InChI=1S/C17H14F2N2O3S/c1-10-9-21(12-4-5-14(18)15(19)8-12)16-6-3-11(7-13(10)16)17(22)20-25(2,23)24/h3-9H,1-2H3,(H,20,22). The molecule has 5 nitrogen and oxygen atoms in total. The molecule has 0 fully saturated rings. The Morgan fingerprint density at radius 3 is 2.44 bits per heavy atom. The van der Waals surface area contributed by atoms with E-state index >= 15 is 0 Å². The molecule has 1 N–H and O–H groups in total. The second-order valence-corrected chi connectivity index (χ2v) is 7.46. The highest BCUT2D eigenvalue weighted by Crippen LogP contribution is 2.26. The molecule has 130 valence electrons. The molecule has 1 heterocycles. The number of carbonyl (C=O) groups excluding carboxylic acids is 1. The molecule has 3 aromatic rings. The lowest BCUT2D eigenvalue weighted by atomic mass is 10.1. The first-order valence-electron chi connectivity index (χ1n) is 7.25. The minimum absolute atomic E-state index is 0.184. The Bertz CT molecular complexity index is 1100. The average molecular weight is 364 g/mol. The number of hydrogen-bond acceptors (Lipinski definition) is 3. The Morgan fingerprint density at radius 1 is 1.08 bits per heavy atom. The van der Waals surface area contributed by atoms with Crippen molar-refractivity contribution in [3.8, 4) is 5.69 Å². The van der Waals surface area contributed by atoms with Crippen LogP contribution in [0.15, 0.2) is 42.6 Å². The summed E-state index contributed by atoms with van der Waals surface area (Å²) < 4.78 is 52.6. The van der Waals surface area contributed by atoms with Crippen LogP contribution in [0, 0.1) is 18.6 Å². The van der Waals surface area contributed by atoms with Crippen LogP contribution in [-0.4, -0.2) is 25.1 Å². The summed E-state index contributed by atoms with van der Waals surface area (Å²) in [6, 6.07) is 8.22. The van der Waals surface area contributed by atoms with Gasteiger partial charge in [-0.25, -0.2) is 21.9 Å². The maximum atomic E-state index is 13.5. The van der Waals surface area contributed by atoms with E-state index in [1.807, 2.05) is 4.72 Å². The topological polar surface area (TPSA) is 68.2 Å². The van der Waals surface area contributed by atoms with Gasteiger partial charge in [0.05, 0.1) is 11.8 Å². The van der Waals surface area contributed by atoms with Gasteiger partial charge < -0.3 is 4.57 Å². The lowest BCUT2D eigenvalue weighted by Crippen LogP contribution is -2.29. The van der Waals surface area contributed by atoms with Gasteiger partial charge >= 0.3 is 0 Å². The molecule has 3 rings (SSSR count). The van der Waals surface area contributed by atoms with E-state index in [0.29, 0.717) is 16.6 Å². The van der Waals surface area contributed by atoms with Crippen molar-refractivity contribution in [1.29, 1.82) is 0 Å². The molecule has 0 aliphatic heterocycles. The zero-order chi connectivity index (χ0) is 18.4. The zero-order valence-electron chi connectivity index (χ0n) is 13.4. The van der Waals surface area contributed by atoms with Crippen molar-refractivity contribution >= 4 is 26.8 Å². The molecule has 0 bridgehead atoms. The second-order valence-electron chi connectivity index (χ2n) is 5.72. The van der Waals surface area contributed by atoms with Gasteiger partial charge in [-0.1, -0.05) is 0 Å². The van der Waals surface area contributed by atoms with Crippen molar-refractivity contribution in [2.45, 2.75) is 6.92 Å².